The highest BCUT2D eigenvalue weighted by atomic mass is 14.3. The quantitative estimate of drug-likeness (QED) is 0.402. The molecule has 0 bridgehead atoms. The first-order valence-electron chi connectivity index (χ1n) is 3.95. The second-order valence-electron chi connectivity index (χ2n) is 2.99. The van der Waals surface area contributed by atoms with E-state index in [0.717, 1.165) is 12.3 Å². The summed E-state index contributed by atoms with van der Waals surface area (Å²) in [6.07, 6.45) is 12.3. The summed E-state index contributed by atoms with van der Waals surface area (Å²) in [6.45, 7) is 3.72. The molecule has 0 N–H and O–H groups in total. The molecule has 1 rings (SSSR count). The van der Waals surface area contributed by atoms with Gasteiger partial charge < -0.3 is 0 Å². The Hall–Kier alpha value is -0.700. The summed E-state index contributed by atoms with van der Waals surface area (Å²) >= 11 is 0. The van der Waals surface area contributed by atoms with Crippen molar-refractivity contribution in [2.45, 2.75) is 25.7 Å². The van der Waals surface area contributed by atoms with Crippen LogP contribution in [0, 0.1) is 24.2 Å². The summed E-state index contributed by atoms with van der Waals surface area (Å²) in [5, 5.41) is 0. The topological polar surface area (TPSA) is 0 Å². The van der Waals surface area contributed by atoms with Gasteiger partial charge in [0.2, 0.25) is 0 Å². The third-order valence-electron chi connectivity index (χ3n) is 2.34. The largest absolute Gasteiger partial charge is 0.120 e. The van der Waals surface area contributed by atoms with Gasteiger partial charge in [0.15, 0.2) is 0 Å². The molecule has 1 aliphatic rings. The zero-order valence-corrected chi connectivity index (χ0v) is 6.34. The van der Waals surface area contributed by atoms with E-state index in [2.05, 4.69) is 12.5 Å². The predicted octanol–water partition coefficient (Wildman–Crippen LogP) is 2.61. The number of terminal acetylenes is 1. The van der Waals surface area contributed by atoms with Gasteiger partial charge in [-0.25, -0.2) is 0 Å². The summed E-state index contributed by atoms with van der Waals surface area (Å²) in [4.78, 5) is 0. The molecule has 1 aliphatic carbocycles. The molecule has 54 valence electrons. The standard InChI is InChI=1S/C10H14/c1-3-6-10-8-5-7-9(10)4-2/h2-3,9-10H,1,5-8H2. The van der Waals surface area contributed by atoms with Crippen molar-refractivity contribution in [1.82, 2.24) is 0 Å². The van der Waals surface area contributed by atoms with Crippen molar-refractivity contribution in [2.24, 2.45) is 11.8 Å². The van der Waals surface area contributed by atoms with Crippen molar-refractivity contribution in [2.75, 3.05) is 0 Å². The molecule has 0 heterocycles. The van der Waals surface area contributed by atoms with Crippen LogP contribution in [0.25, 0.3) is 0 Å². The maximum absolute atomic E-state index is 5.37. The minimum Gasteiger partial charge on any atom is -0.120 e. The lowest BCUT2D eigenvalue weighted by Gasteiger charge is -2.10. The van der Waals surface area contributed by atoms with Gasteiger partial charge in [0.25, 0.3) is 0 Å². The number of allylic oxidation sites excluding steroid dienone is 1. The summed E-state index contributed by atoms with van der Waals surface area (Å²) in [6, 6.07) is 0. The van der Waals surface area contributed by atoms with Gasteiger partial charge >= 0.3 is 0 Å². The monoisotopic (exact) mass is 134 g/mol. The van der Waals surface area contributed by atoms with E-state index in [0.29, 0.717) is 5.92 Å². The van der Waals surface area contributed by atoms with E-state index >= 15 is 0 Å². The molecule has 0 nitrogen and oxygen atoms in total. The van der Waals surface area contributed by atoms with Crippen LogP contribution in [0.1, 0.15) is 25.7 Å². The second-order valence-corrected chi connectivity index (χ2v) is 2.99. The minimum absolute atomic E-state index is 0.540. The Morgan fingerprint density at radius 3 is 3.00 bits per heavy atom. The molecule has 0 aromatic rings. The Balaban J connectivity index is 2.43. The fourth-order valence-electron chi connectivity index (χ4n) is 1.75. The lowest BCUT2D eigenvalue weighted by molar-refractivity contribution is 0.478. The maximum Gasteiger partial charge on any atom is 0.0231 e. The summed E-state index contributed by atoms with van der Waals surface area (Å²) in [5.41, 5.74) is 0. The third kappa shape index (κ3) is 1.42. The molecule has 1 fully saturated rings. The molecule has 1 saturated carbocycles. The third-order valence-corrected chi connectivity index (χ3v) is 2.34. The minimum atomic E-state index is 0.540. The van der Waals surface area contributed by atoms with Crippen molar-refractivity contribution in [3.8, 4) is 12.3 Å². The normalized spacial score (nSPS) is 31.5. The van der Waals surface area contributed by atoms with Crippen molar-refractivity contribution in [3.05, 3.63) is 12.7 Å². The summed E-state index contributed by atoms with van der Waals surface area (Å²) < 4.78 is 0. The number of hydrogen-bond acceptors (Lipinski definition) is 0. The molecule has 0 aliphatic heterocycles. The molecule has 0 heteroatoms. The maximum atomic E-state index is 5.37. The van der Waals surface area contributed by atoms with Gasteiger partial charge in [-0.15, -0.1) is 18.9 Å². The van der Waals surface area contributed by atoms with Gasteiger partial charge in [-0.2, -0.15) is 0 Å². The van der Waals surface area contributed by atoms with E-state index in [1.165, 1.54) is 19.3 Å². The van der Waals surface area contributed by atoms with Crippen molar-refractivity contribution >= 4 is 0 Å². The molecule has 2 unspecified atom stereocenters. The van der Waals surface area contributed by atoms with Gasteiger partial charge in [0, 0.05) is 5.92 Å². The second kappa shape index (κ2) is 3.46. The zero-order valence-electron chi connectivity index (χ0n) is 6.34. The highest BCUT2D eigenvalue weighted by Crippen LogP contribution is 2.33. The van der Waals surface area contributed by atoms with Crippen LogP contribution >= 0.6 is 0 Å². The van der Waals surface area contributed by atoms with Crippen LogP contribution < -0.4 is 0 Å². The average Bonchev–Trinajstić information content (AvgIpc) is 2.36. The smallest absolute Gasteiger partial charge is 0.0231 e. The van der Waals surface area contributed by atoms with Gasteiger partial charge in [0.1, 0.15) is 0 Å². The van der Waals surface area contributed by atoms with Crippen LogP contribution in [0.4, 0.5) is 0 Å². The fourth-order valence-corrected chi connectivity index (χ4v) is 1.75. The highest BCUT2D eigenvalue weighted by Gasteiger charge is 2.23. The van der Waals surface area contributed by atoms with Crippen molar-refractivity contribution < 1.29 is 0 Å². The molecule has 10 heavy (non-hydrogen) atoms. The van der Waals surface area contributed by atoms with E-state index in [9.17, 15) is 0 Å². The van der Waals surface area contributed by atoms with Crippen molar-refractivity contribution in [3.63, 3.8) is 0 Å². The Morgan fingerprint density at radius 2 is 2.40 bits per heavy atom. The molecule has 2 atom stereocenters. The average molecular weight is 134 g/mol. The van der Waals surface area contributed by atoms with Crippen LogP contribution in [0.3, 0.4) is 0 Å². The highest BCUT2D eigenvalue weighted by molar-refractivity contribution is 5.00. The first kappa shape index (κ1) is 7.41. The van der Waals surface area contributed by atoms with Gasteiger partial charge in [0.05, 0.1) is 0 Å². The molecule has 0 radical (unpaired) electrons. The Kier molecular flexibility index (Phi) is 2.57. The molecular weight excluding hydrogens is 120 g/mol. The molecule has 0 amide bonds. The van der Waals surface area contributed by atoms with E-state index < -0.39 is 0 Å². The Bertz CT molecular complexity index is 150. The van der Waals surface area contributed by atoms with Crippen LogP contribution in [-0.2, 0) is 0 Å². The summed E-state index contributed by atoms with van der Waals surface area (Å²) in [5.74, 6) is 4.13. The van der Waals surface area contributed by atoms with E-state index in [-0.39, 0.29) is 0 Å². The Labute approximate surface area is 63.3 Å². The van der Waals surface area contributed by atoms with E-state index in [1.54, 1.807) is 0 Å². The Morgan fingerprint density at radius 1 is 1.60 bits per heavy atom. The molecule has 0 saturated heterocycles. The van der Waals surface area contributed by atoms with Crippen molar-refractivity contribution in [1.29, 1.82) is 0 Å². The van der Waals surface area contributed by atoms with Gasteiger partial charge in [-0.05, 0) is 25.2 Å². The first-order chi connectivity index (χ1) is 4.88. The van der Waals surface area contributed by atoms with Crippen LogP contribution in [-0.4, -0.2) is 0 Å². The molecule has 0 spiro atoms. The van der Waals surface area contributed by atoms with Crippen LogP contribution in [0.15, 0.2) is 12.7 Å². The van der Waals surface area contributed by atoms with Crippen LogP contribution in [0.5, 0.6) is 0 Å². The number of rotatable bonds is 2. The lowest BCUT2D eigenvalue weighted by Crippen LogP contribution is -2.03. The summed E-state index contributed by atoms with van der Waals surface area (Å²) in [7, 11) is 0. The fraction of sp³-hybridized carbons (Fsp3) is 0.600. The van der Waals surface area contributed by atoms with Gasteiger partial charge in [-0.1, -0.05) is 12.5 Å². The van der Waals surface area contributed by atoms with Crippen LogP contribution in [0.2, 0.25) is 0 Å². The van der Waals surface area contributed by atoms with E-state index in [4.69, 9.17) is 6.42 Å². The lowest BCUT2D eigenvalue weighted by atomic mass is 9.94. The zero-order chi connectivity index (χ0) is 7.40. The predicted molar refractivity (Wildman–Crippen MR) is 44.5 cm³/mol. The van der Waals surface area contributed by atoms with Gasteiger partial charge in [-0.3, -0.25) is 0 Å². The first-order valence-corrected chi connectivity index (χ1v) is 3.95. The number of hydrogen-bond donors (Lipinski definition) is 0. The molecule has 0 aromatic carbocycles. The SMILES string of the molecule is C#CC1CCCC1CC=C. The molecular formula is C10H14. The molecule has 0 aromatic heterocycles. The van der Waals surface area contributed by atoms with E-state index in [1.807, 2.05) is 6.08 Å².